The Morgan fingerprint density at radius 1 is 1.14 bits per heavy atom. The number of ether oxygens (including phenoxy) is 1. The number of carbonyl (C=O) groups is 2. The van der Waals surface area contributed by atoms with Crippen LogP contribution in [0.5, 0.6) is 0 Å². The number of nitrogens with one attached hydrogen (secondary N) is 1. The van der Waals surface area contributed by atoms with Gasteiger partial charge in [-0.05, 0) is 62.7 Å². The molecule has 1 saturated heterocycles. The lowest BCUT2D eigenvalue weighted by Gasteiger charge is -2.31. The van der Waals surface area contributed by atoms with Crippen molar-refractivity contribution in [2.75, 3.05) is 25.5 Å². The van der Waals surface area contributed by atoms with E-state index in [2.05, 4.69) is 34.5 Å². The van der Waals surface area contributed by atoms with Gasteiger partial charge in [0.15, 0.2) is 0 Å². The Morgan fingerprint density at radius 2 is 1.86 bits per heavy atom. The van der Waals surface area contributed by atoms with Gasteiger partial charge in [0, 0.05) is 17.3 Å². The van der Waals surface area contributed by atoms with Gasteiger partial charge in [-0.3, -0.25) is 9.69 Å². The SMILES string of the molecule is COC(=O)c1c(NC(=O)C2CCN(Cc3ccccc3)CC2)sc2c1CCCC2. The molecule has 5 nitrogen and oxygen atoms in total. The summed E-state index contributed by atoms with van der Waals surface area (Å²) >= 11 is 1.56. The minimum absolute atomic E-state index is 0.00773. The molecule has 0 saturated carbocycles. The first-order chi connectivity index (χ1) is 14.2. The summed E-state index contributed by atoms with van der Waals surface area (Å²) in [5.74, 6) is -0.308. The summed E-state index contributed by atoms with van der Waals surface area (Å²) in [6.07, 6.45) is 5.79. The average Bonchev–Trinajstić information content (AvgIpc) is 3.12. The summed E-state index contributed by atoms with van der Waals surface area (Å²) in [7, 11) is 1.41. The van der Waals surface area contributed by atoms with Crippen LogP contribution >= 0.6 is 11.3 Å². The number of rotatable bonds is 5. The molecule has 1 aromatic heterocycles. The Morgan fingerprint density at radius 3 is 2.59 bits per heavy atom. The molecule has 1 aliphatic heterocycles. The number of nitrogens with zero attached hydrogens (tertiary/aromatic N) is 1. The van der Waals surface area contributed by atoms with Crippen molar-refractivity contribution in [3.63, 3.8) is 0 Å². The van der Waals surface area contributed by atoms with Gasteiger partial charge in [-0.1, -0.05) is 30.3 Å². The number of amides is 1. The van der Waals surface area contributed by atoms with E-state index in [1.54, 1.807) is 11.3 Å². The summed E-state index contributed by atoms with van der Waals surface area (Å²) in [6, 6.07) is 10.5. The molecule has 1 aromatic carbocycles. The molecule has 1 aliphatic carbocycles. The largest absolute Gasteiger partial charge is 0.465 e. The van der Waals surface area contributed by atoms with E-state index in [9.17, 15) is 9.59 Å². The monoisotopic (exact) mass is 412 g/mol. The summed E-state index contributed by atoms with van der Waals surface area (Å²) in [6.45, 7) is 2.76. The highest BCUT2D eigenvalue weighted by Gasteiger charge is 2.30. The normalized spacial score (nSPS) is 17.6. The lowest BCUT2D eigenvalue weighted by Crippen LogP contribution is -2.37. The quantitative estimate of drug-likeness (QED) is 0.746. The fourth-order valence-electron chi connectivity index (χ4n) is 4.38. The molecule has 1 amide bonds. The van der Waals surface area contributed by atoms with Gasteiger partial charge in [0.1, 0.15) is 5.00 Å². The second kappa shape index (κ2) is 9.09. The predicted octanol–water partition coefficient (Wildman–Crippen LogP) is 4.26. The van der Waals surface area contributed by atoms with Crippen LogP contribution in [0, 0.1) is 5.92 Å². The van der Waals surface area contributed by atoms with Gasteiger partial charge >= 0.3 is 5.97 Å². The molecule has 1 N–H and O–H groups in total. The van der Waals surface area contributed by atoms with Crippen molar-refractivity contribution in [3.05, 3.63) is 51.9 Å². The molecule has 4 rings (SSSR count). The van der Waals surface area contributed by atoms with Crippen LogP contribution in [0.1, 0.15) is 52.0 Å². The molecule has 0 unspecified atom stereocenters. The van der Waals surface area contributed by atoms with Gasteiger partial charge in [-0.15, -0.1) is 11.3 Å². The molecular weight excluding hydrogens is 384 g/mol. The molecule has 2 aliphatic rings. The Kier molecular flexibility index (Phi) is 6.31. The number of anilines is 1. The van der Waals surface area contributed by atoms with Crippen molar-refractivity contribution in [1.29, 1.82) is 0 Å². The van der Waals surface area contributed by atoms with Crippen LogP contribution in [0.15, 0.2) is 30.3 Å². The van der Waals surface area contributed by atoms with Crippen molar-refractivity contribution in [2.45, 2.75) is 45.1 Å². The number of piperidine rings is 1. The number of carbonyl (C=O) groups excluding carboxylic acids is 2. The van der Waals surface area contributed by atoms with Crippen LogP contribution in [0.2, 0.25) is 0 Å². The molecule has 2 aromatic rings. The van der Waals surface area contributed by atoms with Crippen molar-refractivity contribution in [2.24, 2.45) is 5.92 Å². The summed E-state index contributed by atoms with van der Waals surface area (Å²) in [5.41, 5.74) is 2.98. The molecule has 29 heavy (non-hydrogen) atoms. The van der Waals surface area contributed by atoms with Crippen LogP contribution < -0.4 is 5.32 Å². The summed E-state index contributed by atoms with van der Waals surface area (Å²) in [4.78, 5) is 28.9. The van der Waals surface area contributed by atoms with Gasteiger partial charge in [0.25, 0.3) is 0 Å². The zero-order valence-electron chi connectivity index (χ0n) is 16.9. The minimum atomic E-state index is -0.336. The third-order valence-corrected chi connectivity index (χ3v) is 7.21. The summed E-state index contributed by atoms with van der Waals surface area (Å²) in [5, 5.41) is 3.76. The maximum atomic E-state index is 12.9. The third kappa shape index (κ3) is 4.54. The third-order valence-electron chi connectivity index (χ3n) is 6.00. The number of esters is 1. The van der Waals surface area contributed by atoms with Crippen LogP contribution in [-0.2, 0) is 28.9 Å². The van der Waals surface area contributed by atoms with Crippen molar-refractivity contribution < 1.29 is 14.3 Å². The zero-order chi connectivity index (χ0) is 20.2. The first kappa shape index (κ1) is 20.1. The first-order valence-electron chi connectivity index (χ1n) is 10.5. The number of methoxy groups -OCH3 is 1. The van der Waals surface area contributed by atoms with E-state index < -0.39 is 0 Å². The zero-order valence-corrected chi connectivity index (χ0v) is 17.7. The lowest BCUT2D eigenvalue weighted by atomic mass is 9.94. The standard InChI is InChI=1S/C23H28N2O3S/c1-28-23(27)20-18-9-5-6-10-19(18)29-22(20)24-21(26)17-11-13-25(14-12-17)15-16-7-3-2-4-8-16/h2-4,7-8,17H,5-6,9-15H2,1H3,(H,24,26). The molecular formula is C23H28N2O3S. The van der Waals surface area contributed by atoms with E-state index in [0.717, 1.165) is 63.7 Å². The molecule has 0 atom stereocenters. The van der Waals surface area contributed by atoms with E-state index in [0.29, 0.717) is 10.6 Å². The van der Waals surface area contributed by atoms with Gasteiger partial charge < -0.3 is 10.1 Å². The van der Waals surface area contributed by atoms with Gasteiger partial charge in [-0.2, -0.15) is 0 Å². The number of fused-ring (bicyclic) bond motifs is 1. The van der Waals surface area contributed by atoms with E-state index in [1.807, 2.05) is 6.07 Å². The van der Waals surface area contributed by atoms with Crippen LogP contribution in [0.3, 0.4) is 0 Å². The van der Waals surface area contributed by atoms with Crippen molar-refractivity contribution >= 4 is 28.2 Å². The Bertz CT molecular complexity index is 870. The maximum absolute atomic E-state index is 12.9. The molecule has 2 heterocycles. The number of aryl methyl sites for hydroxylation is 1. The molecule has 0 spiro atoms. The van der Waals surface area contributed by atoms with E-state index >= 15 is 0 Å². The lowest BCUT2D eigenvalue weighted by molar-refractivity contribution is -0.121. The highest BCUT2D eigenvalue weighted by molar-refractivity contribution is 7.17. The molecule has 0 bridgehead atoms. The van der Waals surface area contributed by atoms with E-state index in [4.69, 9.17) is 4.74 Å². The highest BCUT2D eigenvalue weighted by Crippen LogP contribution is 2.39. The fourth-order valence-corrected chi connectivity index (χ4v) is 5.66. The number of hydrogen-bond donors (Lipinski definition) is 1. The fraction of sp³-hybridized carbons (Fsp3) is 0.478. The second-order valence-corrected chi connectivity index (χ2v) is 9.04. The van der Waals surface area contributed by atoms with Gasteiger partial charge in [0.05, 0.1) is 12.7 Å². The van der Waals surface area contributed by atoms with Gasteiger partial charge in [0.2, 0.25) is 5.91 Å². The molecule has 6 heteroatoms. The Labute approximate surface area is 176 Å². The van der Waals surface area contributed by atoms with Crippen LogP contribution in [0.4, 0.5) is 5.00 Å². The molecule has 154 valence electrons. The number of likely N-dealkylation sites (tertiary alicyclic amines) is 1. The average molecular weight is 413 g/mol. The maximum Gasteiger partial charge on any atom is 0.341 e. The van der Waals surface area contributed by atoms with Crippen molar-refractivity contribution in [3.8, 4) is 0 Å². The second-order valence-electron chi connectivity index (χ2n) is 7.93. The summed E-state index contributed by atoms with van der Waals surface area (Å²) < 4.78 is 5.01. The molecule has 1 fully saturated rings. The Balaban J connectivity index is 1.39. The number of hydrogen-bond acceptors (Lipinski definition) is 5. The molecule has 0 radical (unpaired) electrons. The van der Waals surface area contributed by atoms with E-state index in [-0.39, 0.29) is 17.8 Å². The first-order valence-corrected chi connectivity index (χ1v) is 11.3. The van der Waals surface area contributed by atoms with E-state index in [1.165, 1.54) is 17.6 Å². The van der Waals surface area contributed by atoms with Crippen LogP contribution in [-0.4, -0.2) is 37.0 Å². The highest BCUT2D eigenvalue weighted by atomic mass is 32.1. The number of thiophene rings is 1. The minimum Gasteiger partial charge on any atom is -0.465 e. The van der Waals surface area contributed by atoms with Crippen molar-refractivity contribution in [1.82, 2.24) is 4.90 Å². The van der Waals surface area contributed by atoms with Crippen LogP contribution in [0.25, 0.3) is 0 Å². The van der Waals surface area contributed by atoms with Gasteiger partial charge in [-0.25, -0.2) is 4.79 Å². The topological polar surface area (TPSA) is 58.6 Å². The smallest absolute Gasteiger partial charge is 0.341 e. The predicted molar refractivity (Wildman–Crippen MR) is 115 cm³/mol. The Hall–Kier alpha value is -2.18. The number of benzene rings is 1.